The second-order valence-corrected chi connectivity index (χ2v) is 7.19. The van der Waals surface area contributed by atoms with E-state index in [4.69, 9.17) is 8.83 Å². The molecule has 1 amide bonds. The van der Waals surface area contributed by atoms with Crippen LogP contribution in [-0.4, -0.2) is 30.4 Å². The van der Waals surface area contributed by atoms with Gasteiger partial charge in [-0.05, 0) is 71.7 Å². The number of rotatable bonds is 5. The lowest BCUT2D eigenvalue weighted by Gasteiger charge is -2.31. The van der Waals surface area contributed by atoms with Gasteiger partial charge in [-0.2, -0.15) is 0 Å². The predicted octanol–water partition coefficient (Wildman–Crippen LogP) is 3.75. The van der Waals surface area contributed by atoms with Gasteiger partial charge in [0.1, 0.15) is 23.0 Å². The Hall–Kier alpha value is -2.01. The summed E-state index contributed by atoms with van der Waals surface area (Å²) in [4.78, 5) is 14.7. The zero-order valence-electron chi connectivity index (χ0n) is 15.6. The third kappa shape index (κ3) is 4.34. The Balaban J connectivity index is 1.44. The SMILES string of the molecule is Cc1cc(CN2CCC(CNC(=O)c3cc(C)oc3C)CC2)c(C)o1. The van der Waals surface area contributed by atoms with Crippen LogP contribution in [0.5, 0.6) is 0 Å². The molecule has 1 aliphatic rings. The largest absolute Gasteiger partial charge is 0.466 e. The summed E-state index contributed by atoms with van der Waals surface area (Å²) in [5, 5.41) is 3.07. The van der Waals surface area contributed by atoms with Crippen molar-refractivity contribution in [3.63, 3.8) is 0 Å². The molecule has 5 nitrogen and oxygen atoms in total. The maximum Gasteiger partial charge on any atom is 0.254 e. The molecule has 0 atom stereocenters. The lowest BCUT2D eigenvalue weighted by atomic mass is 9.96. The number of piperidine rings is 1. The van der Waals surface area contributed by atoms with Crippen molar-refractivity contribution in [1.29, 1.82) is 0 Å². The van der Waals surface area contributed by atoms with Crippen molar-refractivity contribution in [3.8, 4) is 0 Å². The van der Waals surface area contributed by atoms with Gasteiger partial charge in [0, 0.05) is 18.7 Å². The number of amides is 1. The molecule has 1 aliphatic heterocycles. The van der Waals surface area contributed by atoms with E-state index in [1.807, 2.05) is 33.8 Å². The molecule has 5 heteroatoms. The van der Waals surface area contributed by atoms with Gasteiger partial charge in [0.15, 0.2) is 0 Å². The van der Waals surface area contributed by atoms with Crippen LogP contribution in [0.15, 0.2) is 21.0 Å². The minimum Gasteiger partial charge on any atom is -0.466 e. The number of hydrogen-bond donors (Lipinski definition) is 1. The highest BCUT2D eigenvalue weighted by Gasteiger charge is 2.22. The summed E-state index contributed by atoms with van der Waals surface area (Å²) in [5.41, 5.74) is 1.94. The first-order chi connectivity index (χ1) is 11.9. The fourth-order valence-corrected chi connectivity index (χ4v) is 3.62. The average Bonchev–Trinajstić information content (AvgIpc) is 3.07. The average molecular weight is 344 g/mol. The third-order valence-corrected chi connectivity index (χ3v) is 5.08. The number of likely N-dealkylation sites (tertiary alicyclic amines) is 1. The maximum atomic E-state index is 12.3. The molecule has 0 aliphatic carbocycles. The molecule has 25 heavy (non-hydrogen) atoms. The van der Waals surface area contributed by atoms with Gasteiger partial charge in [-0.3, -0.25) is 9.69 Å². The predicted molar refractivity (Wildman–Crippen MR) is 96.7 cm³/mol. The normalized spacial score (nSPS) is 16.3. The lowest BCUT2D eigenvalue weighted by molar-refractivity contribution is 0.0933. The quantitative estimate of drug-likeness (QED) is 0.897. The van der Waals surface area contributed by atoms with Crippen LogP contribution in [0.3, 0.4) is 0 Å². The highest BCUT2D eigenvalue weighted by atomic mass is 16.3. The van der Waals surface area contributed by atoms with Gasteiger partial charge in [0.2, 0.25) is 0 Å². The Kier molecular flexibility index (Phi) is 5.33. The first-order valence-corrected chi connectivity index (χ1v) is 9.06. The van der Waals surface area contributed by atoms with Crippen LogP contribution < -0.4 is 5.32 Å². The lowest BCUT2D eigenvalue weighted by Crippen LogP contribution is -2.38. The number of hydrogen-bond acceptors (Lipinski definition) is 4. The Morgan fingerprint density at radius 1 is 1.08 bits per heavy atom. The summed E-state index contributed by atoms with van der Waals surface area (Å²) in [5.74, 6) is 3.99. The highest BCUT2D eigenvalue weighted by molar-refractivity contribution is 5.95. The molecule has 136 valence electrons. The van der Waals surface area contributed by atoms with E-state index in [0.717, 1.165) is 56.3 Å². The van der Waals surface area contributed by atoms with Crippen LogP contribution in [-0.2, 0) is 6.54 Å². The molecule has 0 radical (unpaired) electrons. The van der Waals surface area contributed by atoms with E-state index >= 15 is 0 Å². The molecule has 1 fully saturated rings. The van der Waals surface area contributed by atoms with Crippen LogP contribution >= 0.6 is 0 Å². The molecule has 2 aromatic rings. The molecule has 0 bridgehead atoms. The van der Waals surface area contributed by atoms with E-state index in [0.29, 0.717) is 17.2 Å². The zero-order valence-corrected chi connectivity index (χ0v) is 15.6. The van der Waals surface area contributed by atoms with E-state index in [1.165, 1.54) is 5.56 Å². The molecule has 1 N–H and O–H groups in total. The minimum atomic E-state index is -0.0266. The summed E-state index contributed by atoms with van der Waals surface area (Å²) >= 11 is 0. The highest BCUT2D eigenvalue weighted by Crippen LogP contribution is 2.22. The van der Waals surface area contributed by atoms with Gasteiger partial charge in [0.05, 0.1) is 5.56 Å². The van der Waals surface area contributed by atoms with Crippen molar-refractivity contribution in [3.05, 3.63) is 46.3 Å². The molecule has 3 rings (SSSR count). The van der Waals surface area contributed by atoms with E-state index in [2.05, 4.69) is 16.3 Å². The molecular weight excluding hydrogens is 316 g/mol. The number of carbonyl (C=O) groups excluding carboxylic acids is 1. The number of furan rings is 2. The topological polar surface area (TPSA) is 58.6 Å². The Bertz CT molecular complexity index is 736. The summed E-state index contributed by atoms with van der Waals surface area (Å²) in [6.45, 7) is 11.5. The van der Waals surface area contributed by atoms with Gasteiger partial charge in [-0.15, -0.1) is 0 Å². The van der Waals surface area contributed by atoms with Crippen LogP contribution in [0.1, 0.15) is 51.8 Å². The zero-order chi connectivity index (χ0) is 18.0. The van der Waals surface area contributed by atoms with Gasteiger partial charge < -0.3 is 14.2 Å². The van der Waals surface area contributed by atoms with Gasteiger partial charge >= 0.3 is 0 Å². The van der Waals surface area contributed by atoms with Crippen LogP contribution in [0.4, 0.5) is 0 Å². The van der Waals surface area contributed by atoms with E-state index in [9.17, 15) is 4.79 Å². The Morgan fingerprint density at radius 3 is 2.28 bits per heavy atom. The van der Waals surface area contributed by atoms with Crippen molar-refractivity contribution in [2.24, 2.45) is 5.92 Å². The van der Waals surface area contributed by atoms with Gasteiger partial charge in [-0.25, -0.2) is 0 Å². The summed E-state index contributed by atoms with van der Waals surface area (Å²) < 4.78 is 11.0. The van der Waals surface area contributed by atoms with Crippen molar-refractivity contribution < 1.29 is 13.6 Å². The first-order valence-electron chi connectivity index (χ1n) is 9.06. The summed E-state index contributed by atoms with van der Waals surface area (Å²) in [6, 6.07) is 3.94. The fourth-order valence-electron chi connectivity index (χ4n) is 3.62. The van der Waals surface area contributed by atoms with Crippen molar-refractivity contribution in [1.82, 2.24) is 10.2 Å². The van der Waals surface area contributed by atoms with Crippen LogP contribution in [0.2, 0.25) is 0 Å². The van der Waals surface area contributed by atoms with Crippen molar-refractivity contribution >= 4 is 5.91 Å². The number of carbonyl (C=O) groups is 1. The molecule has 0 unspecified atom stereocenters. The maximum absolute atomic E-state index is 12.3. The second kappa shape index (κ2) is 7.48. The molecule has 2 aromatic heterocycles. The summed E-state index contributed by atoms with van der Waals surface area (Å²) in [6.07, 6.45) is 2.22. The summed E-state index contributed by atoms with van der Waals surface area (Å²) in [7, 11) is 0. The molecule has 0 spiro atoms. The van der Waals surface area contributed by atoms with E-state index < -0.39 is 0 Å². The first kappa shape index (κ1) is 17.8. The van der Waals surface area contributed by atoms with Gasteiger partial charge in [0.25, 0.3) is 5.91 Å². The molecule has 0 aromatic carbocycles. The van der Waals surface area contributed by atoms with E-state index in [1.54, 1.807) is 0 Å². The monoisotopic (exact) mass is 344 g/mol. The van der Waals surface area contributed by atoms with Crippen molar-refractivity contribution in [2.45, 2.75) is 47.1 Å². The van der Waals surface area contributed by atoms with Gasteiger partial charge in [-0.1, -0.05) is 0 Å². The number of aryl methyl sites for hydroxylation is 4. The number of nitrogens with zero attached hydrogens (tertiary/aromatic N) is 1. The van der Waals surface area contributed by atoms with Crippen molar-refractivity contribution in [2.75, 3.05) is 19.6 Å². The van der Waals surface area contributed by atoms with Crippen LogP contribution in [0.25, 0.3) is 0 Å². The standard InChI is InChI=1S/C20H28N2O3/c1-13-9-18(15(3)24-13)12-22-7-5-17(6-8-22)11-21-20(23)19-10-14(2)25-16(19)4/h9-10,17H,5-8,11-12H2,1-4H3,(H,21,23). The third-order valence-electron chi connectivity index (χ3n) is 5.08. The minimum absolute atomic E-state index is 0.0266. The molecule has 3 heterocycles. The molecule has 0 saturated carbocycles. The van der Waals surface area contributed by atoms with Crippen LogP contribution in [0, 0.1) is 33.6 Å². The second-order valence-electron chi connectivity index (χ2n) is 7.19. The fraction of sp³-hybridized carbons (Fsp3) is 0.550. The Labute approximate surface area is 149 Å². The Morgan fingerprint density at radius 2 is 1.72 bits per heavy atom. The smallest absolute Gasteiger partial charge is 0.254 e. The molecular formula is C20H28N2O3. The molecule has 1 saturated heterocycles. The van der Waals surface area contributed by atoms with E-state index in [-0.39, 0.29) is 5.91 Å². The number of nitrogens with one attached hydrogen (secondary N) is 1.